The van der Waals surface area contributed by atoms with E-state index in [4.69, 9.17) is 0 Å². The number of hydrogen-bond donors (Lipinski definition) is 1. The maximum absolute atomic E-state index is 12.7. The zero-order chi connectivity index (χ0) is 14.8. The summed E-state index contributed by atoms with van der Waals surface area (Å²) in [6.07, 6.45) is -4.38. The molecule has 20 heavy (non-hydrogen) atoms. The lowest BCUT2D eigenvalue weighted by Gasteiger charge is -2.36. The predicted molar refractivity (Wildman–Crippen MR) is 68.9 cm³/mol. The minimum Gasteiger partial charge on any atom is -0.344 e. The van der Waals surface area contributed by atoms with E-state index in [1.165, 1.54) is 0 Å². The van der Waals surface area contributed by atoms with Crippen molar-refractivity contribution in [3.05, 3.63) is 35.9 Å². The molecule has 110 valence electrons. The van der Waals surface area contributed by atoms with Gasteiger partial charge in [-0.1, -0.05) is 30.3 Å². The van der Waals surface area contributed by atoms with E-state index in [1.807, 2.05) is 40.5 Å². The first kappa shape index (κ1) is 14.8. The highest BCUT2D eigenvalue weighted by molar-refractivity contribution is 5.78. The van der Waals surface area contributed by atoms with E-state index < -0.39 is 24.2 Å². The monoisotopic (exact) mass is 286 g/mol. The Labute approximate surface area is 115 Å². The van der Waals surface area contributed by atoms with Crippen LogP contribution < -0.4 is 5.32 Å². The smallest absolute Gasteiger partial charge is 0.344 e. The lowest BCUT2D eigenvalue weighted by atomic mass is 9.97. The summed E-state index contributed by atoms with van der Waals surface area (Å²) < 4.78 is 38.2. The highest BCUT2D eigenvalue weighted by Crippen LogP contribution is 2.28. The van der Waals surface area contributed by atoms with Gasteiger partial charge in [-0.05, 0) is 19.0 Å². The van der Waals surface area contributed by atoms with Crippen LogP contribution in [0.4, 0.5) is 13.2 Å². The molecule has 1 fully saturated rings. The number of carbonyl (C=O) groups excluding carboxylic acids is 1. The van der Waals surface area contributed by atoms with E-state index in [9.17, 15) is 18.0 Å². The Bertz CT molecular complexity index is 461. The average molecular weight is 286 g/mol. The number of carbonyl (C=O) groups is 1. The molecule has 2 atom stereocenters. The van der Waals surface area contributed by atoms with E-state index in [0.29, 0.717) is 6.54 Å². The first-order chi connectivity index (χ1) is 9.36. The van der Waals surface area contributed by atoms with E-state index in [-0.39, 0.29) is 12.8 Å². The number of alkyl halides is 3. The Morgan fingerprint density at radius 2 is 1.95 bits per heavy atom. The van der Waals surface area contributed by atoms with Crippen LogP contribution >= 0.6 is 0 Å². The third-order valence-electron chi connectivity index (χ3n) is 3.56. The summed E-state index contributed by atoms with van der Waals surface area (Å²) in [7, 11) is 1.75. The SMILES string of the molecule is CN(Cc1ccccc1)C1CC(=O)NC(C(F)(F)F)C1. The number of nitrogens with one attached hydrogen (secondary N) is 1. The van der Waals surface area contributed by atoms with Gasteiger partial charge in [0.1, 0.15) is 6.04 Å². The number of benzene rings is 1. The van der Waals surface area contributed by atoms with Crippen LogP contribution in [0.15, 0.2) is 30.3 Å². The van der Waals surface area contributed by atoms with Crippen molar-refractivity contribution in [1.29, 1.82) is 0 Å². The predicted octanol–water partition coefficient (Wildman–Crippen LogP) is 2.33. The van der Waals surface area contributed by atoms with Gasteiger partial charge in [-0.3, -0.25) is 9.69 Å². The van der Waals surface area contributed by atoms with Crippen LogP contribution in [0.1, 0.15) is 18.4 Å². The van der Waals surface area contributed by atoms with Gasteiger partial charge in [-0.2, -0.15) is 13.2 Å². The molecule has 1 N–H and O–H groups in total. The Hall–Kier alpha value is -1.56. The summed E-state index contributed by atoms with van der Waals surface area (Å²) in [5.74, 6) is -0.538. The van der Waals surface area contributed by atoms with Gasteiger partial charge in [-0.15, -0.1) is 0 Å². The van der Waals surface area contributed by atoms with Gasteiger partial charge in [0.2, 0.25) is 5.91 Å². The van der Waals surface area contributed by atoms with Crippen LogP contribution in [-0.2, 0) is 11.3 Å². The Morgan fingerprint density at radius 3 is 2.55 bits per heavy atom. The third-order valence-corrected chi connectivity index (χ3v) is 3.56. The summed E-state index contributed by atoms with van der Waals surface area (Å²) in [5.41, 5.74) is 1.02. The lowest BCUT2D eigenvalue weighted by Crippen LogP contribution is -2.55. The van der Waals surface area contributed by atoms with Gasteiger partial charge in [0.15, 0.2) is 0 Å². The molecule has 1 amide bonds. The van der Waals surface area contributed by atoms with Gasteiger partial charge >= 0.3 is 6.18 Å². The first-order valence-corrected chi connectivity index (χ1v) is 6.46. The topological polar surface area (TPSA) is 32.3 Å². The minimum atomic E-state index is -4.39. The van der Waals surface area contributed by atoms with Crippen molar-refractivity contribution in [3.8, 4) is 0 Å². The number of amides is 1. The highest BCUT2D eigenvalue weighted by atomic mass is 19.4. The average Bonchev–Trinajstić information content (AvgIpc) is 2.38. The molecule has 0 radical (unpaired) electrons. The largest absolute Gasteiger partial charge is 0.408 e. The van der Waals surface area contributed by atoms with Gasteiger partial charge < -0.3 is 5.32 Å². The molecular formula is C14H17F3N2O. The molecule has 2 rings (SSSR count). The van der Waals surface area contributed by atoms with Crippen molar-refractivity contribution in [2.24, 2.45) is 0 Å². The summed E-state index contributed by atoms with van der Waals surface area (Å²) in [4.78, 5) is 13.3. The lowest BCUT2D eigenvalue weighted by molar-refractivity contribution is -0.171. The Morgan fingerprint density at radius 1 is 1.30 bits per heavy atom. The van der Waals surface area contributed by atoms with E-state index >= 15 is 0 Å². The summed E-state index contributed by atoms with van der Waals surface area (Å²) in [6, 6.07) is 7.35. The van der Waals surface area contributed by atoms with Crippen LogP contribution in [-0.4, -0.2) is 36.1 Å². The van der Waals surface area contributed by atoms with Gasteiger partial charge in [0.25, 0.3) is 0 Å². The van der Waals surface area contributed by atoms with Crippen molar-refractivity contribution >= 4 is 5.91 Å². The van der Waals surface area contributed by atoms with Crippen LogP contribution in [0.25, 0.3) is 0 Å². The van der Waals surface area contributed by atoms with Crippen molar-refractivity contribution < 1.29 is 18.0 Å². The molecule has 1 heterocycles. The molecule has 2 unspecified atom stereocenters. The molecule has 0 spiro atoms. The quantitative estimate of drug-likeness (QED) is 0.925. The standard InChI is InChI=1S/C14H17F3N2O/c1-19(9-10-5-3-2-4-6-10)11-7-12(14(15,16)17)18-13(20)8-11/h2-6,11-12H,7-9H2,1H3,(H,18,20). The van der Waals surface area contributed by atoms with Crippen LogP contribution in [0.5, 0.6) is 0 Å². The highest BCUT2D eigenvalue weighted by Gasteiger charge is 2.45. The zero-order valence-corrected chi connectivity index (χ0v) is 11.2. The summed E-state index contributed by atoms with van der Waals surface area (Å²) in [5, 5.41) is 2.01. The van der Waals surface area contributed by atoms with Crippen LogP contribution in [0, 0.1) is 0 Å². The molecule has 0 aliphatic carbocycles. The molecule has 0 bridgehead atoms. The maximum Gasteiger partial charge on any atom is 0.408 e. The molecule has 1 saturated heterocycles. The van der Waals surface area contributed by atoms with Gasteiger partial charge in [-0.25, -0.2) is 0 Å². The third kappa shape index (κ3) is 3.72. The fourth-order valence-electron chi connectivity index (χ4n) is 2.43. The molecule has 6 heteroatoms. The molecule has 0 aromatic heterocycles. The minimum absolute atomic E-state index is 0.0986. The normalized spacial score (nSPS) is 23.8. The van der Waals surface area contributed by atoms with Crippen molar-refractivity contribution in [2.75, 3.05) is 7.05 Å². The number of rotatable bonds is 3. The first-order valence-electron chi connectivity index (χ1n) is 6.46. The van der Waals surface area contributed by atoms with Crippen molar-refractivity contribution in [3.63, 3.8) is 0 Å². The van der Waals surface area contributed by atoms with E-state index in [0.717, 1.165) is 5.56 Å². The molecule has 1 aliphatic heterocycles. The second kappa shape index (κ2) is 5.83. The second-order valence-corrected chi connectivity index (χ2v) is 5.16. The van der Waals surface area contributed by atoms with Crippen LogP contribution in [0.2, 0.25) is 0 Å². The fraction of sp³-hybridized carbons (Fsp3) is 0.500. The van der Waals surface area contributed by atoms with Crippen molar-refractivity contribution in [2.45, 2.75) is 37.6 Å². The molecule has 0 saturated carbocycles. The Kier molecular flexibility index (Phi) is 4.32. The van der Waals surface area contributed by atoms with Gasteiger partial charge in [0, 0.05) is 19.0 Å². The molecular weight excluding hydrogens is 269 g/mol. The number of halogens is 3. The van der Waals surface area contributed by atoms with E-state index in [1.54, 1.807) is 7.05 Å². The van der Waals surface area contributed by atoms with E-state index in [2.05, 4.69) is 0 Å². The molecule has 1 aliphatic rings. The number of nitrogens with zero attached hydrogens (tertiary/aromatic N) is 1. The zero-order valence-electron chi connectivity index (χ0n) is 11.2. The maximum atomic E-state index is 12.7. The summed E-state index contributed by atoms with van der Waals surface area (Å²) >= 11 is 0. The number of hydrogen-bond acceptors (Lipinski definition) is 2. The second-order valence-electron chi connectivity index (χ2n) is 5.16. The van der Waals surface area contributed by atoms with Gasteiger partial charge in [0.05, 0.1) is 0 Å². The molecule has 1 aromatic carbocycles. The molecule has 3 nitrogen and oxygen atoms in total. The number of piperidine rings is 1. The molecule has 1 aromatic rings. The fourth-order valence-corrected chi connectivity index (χ4v) is 2.43. The summed E-state index contributed by atoms with van der Waals surface area (Å²) in [6.45, 7) is 0.531. The van der Waals surface area contributed by atoms with Crippen LogP contribution in [0.3, 0.4) is 0 Å². The Balaban J connectivity index is 2.02. The van der Waals surface area contributed by atoms with Crippen molar-refractivity contribution in [1.82, 2.24) is 10.2 Å².